The first kappa shape index (κ1) is 15.6. The number of carbonyl (C=O) groups is 1. The van der Waals surface area contributed by atoms with E-state index in [9.17, 15) is 4.79 Å². The molecule has 0 radical (unpaired) electrons. The lowest BCUT2D eigenvalue weighted by Crippen LogP contribution is -2.03. The van der Waals surface area contributed by atoms with E-state index < -0.39 is 0 Å². The molecule has 0 spiro atoms. The number of carbonyl (C=O) groups excluding carboxylic acids is 1. The van der Waals surface area contributed by atoms with E-state index in [4.69, 9.17) is 0 Å². The van der Waals surface area contributed by atoms with Crippen LogP contribution in [0.5, 0.6) is 0 Å². The Hall–Kier alpha value is -2.92. The third-order valence-electron chi connectivity index (χ3n) is 3.93. The van der Waals surface area contributed by atoms with E-state index in [0.29, 0.717) is 11.3 Å². The van der Waals surface area contributed by atoms with Crippen LogP contribution in [0.3, 0.4) is 0 Å². The first-order valence-electron chi connectivity index (χ1n) is 7.92. The van der Waals surface area contributed by atoms with Gasteiger partial charge in [-0.3, -0.25) is 9.20 Å². The van der Waals surface area contributed by atoms with Crippen LogP contribution in [0.2, 0.25) is 0 Å². The van der Waals surface area contributed by atoms with Gasteiger partial charge >= 0.3 is 0 Å². The Morgan fingerprint density at radius 1 is 0.840 bits per heavy atom. The summed E-state index contributed by atoms with van der Waals surface area (Å²) in [4.78, 5) is 12.4. The van der Waals surface area contributed by atoms with Gasteiger partial charge in [0.2, 0.25) is 0 Å². The van der Waals surface area contributed by atoms with Gasteiger partial charge in [0, 0.05) is 11.8 Å². The van der Waals surface area contributed by atoms with E-state index in [2.05, 4.69) is 22.3 Å². The van der Waals surface area contributed by atoms with Crippen molar-refractivity contribution in [1.29, 1.82) is 0 Å². The molecule has 0 aliphatic rings. The molecule has 4 rings (SSSR count). The Kier molecular flexibility index (Phi) is 4.31. The maximum Gasteiger partial charge on any atom is 0.196 e. The second-order valence-corrected chi connectivity index (χ2v) is 6.51. The molecule has 0 aliphatic carbocycles. The molecule has 0 bridgehead atoms. The van der Waals surface area contributed by atoms with E-state index in [-0.39, 0.29) is 5.78 Å². The fourth-order valence-electron chi connectivity index (χ4n) is 2.61. The first-order valence-corrected chi connectivity index (χ1v) is 8.91. The van der Waals surface area contributed by atoms with Gasteiger partial charge in [0.05, 0.1) is 5.75 Å². The number of hydrogen-bond acceptors (Lipinski definition) is 4. The molecule has 4 nitrogen and oxygen atoms in total. The van der Waals surface area contributed by atoms with Gasteiger partial charge in [-0.05, 0) is 23.3 Å². The Bertz CT molecular complexity index is 1010. The maximum atomic E-state index is 12.4. The molecule has 2 aromatic heterocycles. The summed E-state index contributed by atoms with van der Waals surface area (Å²) in [5, 5.41) is 8.96. The van der Waals surface area contributed by atoms with E-state index >= 15 is 0 Å². The zero-order valence-electron chi connectivity index (χ0n) is 13.4. The van der Waals surface area contributed by atoms with Crippen molar-refractivity contribution in [3.8, 4) is 11.1 Å². The summed E-state index contributed by atoms with van der Waals surface area (Å²) >= 11 is 1.40. The van der Waals surface area contributed by atoms with Gasteiger partial charge in [-0.25, -0.2) is 0 Å². The highest BCUT2D eigenvalue weighted by molar-refractivity contribution is 7.99. The van der Waals surface area contributed by atoms with Crippen LogP contribution >= 0.6 is 11.8 Å². The van der Waals surface area contributed by atoms with Gasteiger partial charge in [-0.15, -0.1) is 10.2 Å². The minimum absolute atomic E-state index is 0.0808. The zero-order chi connectivity index (χ0) is 17.1. The second kappa shape index (κ2) is 6.91. The molecule has 0 saturated heterocycles. The fraction of sp³-hybridized carbons (Fsp3) is 0.0500. The number of fused-ring (bicyclic) bond motifs is 1. The predicted octanol–water partition coefficient (Wildman–Crippen LogP) is 4.37. The summed E-state index contributed by atoms with van der Waals surface area (Å²) < 4.78 is 1.89. The van der Waals surface area contributed by atoms with E-state index in [1.54, 1.807) is 0 Å². The van der Waals surface area contributed by atoms with Crippen LogP contribution in [-0.2, 0) is 0 Å². The molecule has 0 atom stereocenters. The number of aromatic nitrogens is 3. The van der Waals surface area contributed by atoms with Gasteiger partial charge in [-0.2, -0.15) is 0 Å². The first-order chi connectivity index (χ1) is 12.3. The van der Waals surface area contributed by atoms with Crippen molar-refractivity contribution in [1.82, 2.24) is 14.6 Å². The normalized spacial score (nSPS) is 10.9. The molecule has 0 fully saturated rings. The highest BCUT2D eigenvalue weighted by atomic mass is 32.2. The SMILES string of the molecule is O=C(CSc1nnc2ccccn12)c1ccc(-c2ccccc2)cc1. The maximum absolute atomic E-state index is 12.4. The third-order valence-corrected chi connectivity index (χ3v) is 4.87. The van der Waals surface area contributed by atoms with Crippen molar-refractivity contribution >= 4 is 23.2 Å². The molecule has 0 unspecified atom stereocenters. The highest BCUT2D eigenvalue weighted by Crippen LogP contribution is 2.21. The van der Waals surface area contributed by atoms with Crippen molar-refractivity contribution in [2.45, 2.75) is 5.16 Å². The standard InChI is InChI=1S/C20H15N3OS/c24-18(14-25-20-22-21-19-8-4-5-13-23(19)20)17-11-9-16(10-12-17)15-6-2-1-3-7-15/h1-13H,14H2. The summed E-state index contributed by atoms with van der Waals surface area (Å²) in [5.74, 6) is 0.415. The van der Waals surface area contributed by atoms with Crippen LogP contribution in [0.4, 0.5) is 0 Å². The van der Waals surface area contributed by atoms with Gasteiger partial charge in [0.25, 0.3) is 0 Å². The summed E-state index contributed by atoms with van der Waals surface area (Å²) in [5.41, 5.74) is 3.74. The Balaban J connectivity index is 1.46. The number of hydrogen-bond donors (Lipinski definition) is 0. The molecule has 0 aliphatic heterocycles. The van der Waals surface area contributed by atoms with Gasteiger partial charge < -0.3 is 0 Å². The predicted molar refractivity (Wildman–Crippen MR) is 99.9 cm³/mol. The van der Waals surface area contributed by atoms with Crippen LogP contribution in [0.25, 0.3) is 16.8 Å². The van der Waals surface area contributed by atoms with Crippen LogP contribution in [0.1, 0.15) is 10.4 Å². The Labute approximate surface area is 149 Å². The monoisotopic (exact) mass is 345 g/mol. The quantitative estimate of drug-likeness (QED) is 0.398. The molecule has 2 heterocycles. The van der Waals surface area contributed by atoms with E-state index in [1.165, 1.54) is 11.8 Å². The number of pyridine rings is 1. The number of ketones is 1. The third kappa shape index (κ3) is 3.32. The average Bonchev–Trinajstić information content (AvgIpc) is 3.10. The molecule has 0 saturated carbocycles. The molecule has 5 heteroatoms. The van der Waals surface area contributed by atoms with Crippen LogP contribution < -0.4 is 0 Å². The minimum atomic E-state index is 0.0808. The second-order valence-electron chi connectivity index (χ2n) is 5.57. The Morgan fingerprint density at radius 3 is 2.36 bits per heavy atom. The number of thioether (sulfide) groups is 1. The molecule has 4 aromatic rings. The summed E-state index contributed by atoms with van der Waals surface area (Å²) in [7, 11) is 0. The Morgan fingerprint density at radius 2 is 1.56 bits per heavy atom. The minimum Gasteiger partial charge on any atom is -0.293 e. The number of Topliss-reactive ketones (excluding diaryl/α,β-unsaturated/α-hetero) is 1. The lowest BCUT2D eigenvalue weighted by Gasteiger charge is -2.04. The van der Waals surface area contributed by atoms with Crippen molar-refractivity contribution in [3.05, 3.63) is 84.6 Å². The van der Waals surface area contributed by atoms with Crippen molar-refractivity contribution in [3.63, 3.8) is 0 Å². The molecule has 122 valence electrons. The molecule has 0 N–H and O–H groups in total. The number of rotatable bonds is 5. The zero-order valence-corrected chi connectivity index (χ0v) is 14.2. The molecule has 0 amide bonds. The molecule has 2 aromatic carbocycles. The number of nitrogens with zero attached hydrogens (tertiary/aromatic N) is 3. The summed E-state index contributed by atoms with van der Waals surface area (Å²) in [6.07, 6.45) is 1.90. The van der Waals surface area contributed by atoms with Crippen molar-refractivity contribution < 1.29 is 4.79 Å². The fourth-order valence-corrected chi connectivity index (χ4v) is 3.43. The molecular formula is C20H15N3OS. The number of benzene rings is 2. The lowest BCUT2D eigenvalue weighted by atomic mass is 10.0. The van der Waals surface area contributed by atoms with Crippen molar-refractivity contribution in [2.75, 3.05) is 5.75 Å². The van der Waals surface area contributed by atoms with Gasteiger partial charge in [-0.1, -0.05) is 72.4 Å². The topological polar surface area (TPSA) is 47.3 Å². The summed E-state index contributed by atoms with van der Waals surface area (Å²) in [6.45, 7) is 0. The van der Waals surface area contributed by atoms with Crippen LogP contribution in [0.15, 0.2) is 84.1 Å². The smallest absolute Gasteiger partial charge is 0.196 e. The van der Waals surface area contributed by atoms with Crippen molar-refractivity contribution in [2.24, 2.45) is 0 Å². The molecule has 25 heavy (non-hydrogen) atoms. The van der Waals surface area contributed by atoms with Crippen LogP contribution in [-0.4, -0.2) is 26.1 Å². The largest absolute Gasteiger partial charge is 0.293 e. The van der Waals surface area contributed by atoms with E-state index in [1.807, 2.05) is 71.3 Å². The van der Waals surface area contributed by atoms with Gasteiger partial charge in [0.15, 0.2) is 16.6 Å². The van der Waals surface area contributed by atoms with Gasteiger partial charge in [0.1, 0.15) is 0 Å². The van der Waals surface area contributed by atoms with Crippen LogP contribution in [0, 0.1) is 0 Å². The highest BCUT2D eigenvalue weighted by Gasteiger charge is 2.11. The van der Waals surface area contributed by atoms with E-state index in [0.717, 1.165) is 21.9 Å². The molecular weight excluding hydrogens is 330 g/mol. The summed E-state index contributed by atoms with van der Waals surface area (Å²) in [6, 6.07) is 23.6. The average molecular weight is 345 g/mol. The lowest BCUT2D eigenvalue weighted by molar-refractivity contribution is 0.102.